The summed E-state index contributed by atoms with van der Waals surface area (Å²) in [7, 11) is 0. The highest BCUT2D eigenvalue weighted by Crippen LogP contribution is 2.45. The Kier molecular flexibility index (Phi) is 7.28. The lowest BCUT2D eigenvalue weighted by Gasteiger charge is -2.24. The van der Waals surface area contributed by atoms with E-state index in [-0.39, 0.29) is 11.8 Å². The third kappa shape index (κ3) is 5.41. The molecular formula is C29H20BrClN2O2S. The first-order valence-electron chi connectivity index (χ1n) is 11.2. The van der Waals surface area contributed by atoms with Gasteiger partial charge in [0, 0.05) is 15.1 Å². The molecule has 1 heterocycles. The minimum Gasteiger partial charge on any atom is -0.267 e. The van der Waals surface area contributed by atoms with Gasteiger partial charge in [-0.3, -0.25) is 15.0 Å². The maximum atomic E-state index is 13.4. The number of thioether (sulfide) groups is 1. The lowest BCUT2D eigenvalue weighted by atomic mass is 10.0. The molecule has 0 saturated carbocycles. The van der Waals surface area contributed by atoms with Gasteiger partial charge in [0.1, 0.15) is 5.37 Å². The summed E-state index contributed by atoms with van der Waals surface area (Å²) < 4.78 is 0.894. The number of hydrazine groups is 1. The second-order valence-corrected chi connectivity index (χ2v) is 10.6. The van der Waals surface area contributed by atoms with Crippen LogP contribution in [0.3, 0.4) is 0 Å². The van der Waals surface area contributed by atoms with Crippen molar-refractivity contribution in [2.75, 3.05) is 0 Å². The molecule has 4 aromatic carbocycles. The van der Waals surface area contributed by atoms with Crippen molar-refractivity contribution in [3.8, 4) is 11.1 Å². The van der Waals surface area contributed by atoms with Crippen LogP contribution in [0.1, 0.15) is 26.9 Å². The van der Waals surface area contributed by atoms with E-state index in [1.54, 1.807) is 24.3 Å². The van der Waals surface area contributed by atoms with Crippen LogP contribution in [0, 0.1) is 0 Å². The Bertz CT molecular complexity index is 1440. The molecule has 1 saturated heterocycles. The average Bonchev–Trinajstić information content (AvgIpc) is 3.20. The van der Waals surface area contributed by atoms with Gasteiger partial charge in [-0.15, -0.1) is 0 Å². The topological polar surface area (TPSA) is 49.4 Å². The minimum absolute atomic E-state index is 0.269. The smallest absolute Gasteiger partial charge is 0.267 e. The lowest BCUT2D eigenvalue weighted by Crippen LogP contribution is -2.44. The molecule has 1 fully saturated rings. The Morgan fingerprint density at radius 2 is 1.58 bits per heavy atom. The van der Waals surface area contributed by atoms with E-state index in [9.17, 15) is 9.59 Å². The Morgan fingerprint density at radius 3 is 2.28 bits per heavy atom. The van der Waals surface area contributed by atoms with E-state index < -0.39 is 5.37 Å². The van der Waals surface area contributed by atoms with Crippen molar-refractivity contribution in [1.82, 2.24) is 10.4 Å². The van der Waals surface area contributed by atoms with Gasteiger partial charge < -0.3 is 0 Å². The quantitative estimate of drug-likeness (QED) is 0.248. The van der Waals surface area contributed by atoms with Gasteiger partial charge in [0.25, 0.3) is 11.8 Å². The van der Waals surface area contributed by atoms with Crippen molar-refractivity contribution in [1.29, 1.82) is 0 Å². The number of nitrogens with one attached hydrogen (secondary N) is 1. The van der Waals surface area contributed by atoms with Crippen LogP contribution < -0.4 is 5.43 Å². The van der Waals surface area contributed by atoms with Gasteiger partial charge in [-0.05, 0) is 64.7 Å². The number of carbonyl (C=O) groups is 2. The molecule has 1 atom stereocenters. The molecule has 0 aliphatic carbocycles. The van der Waals surface area contributed by atoms with Crippen LogP contribution in [0.25, 0.3) is 17.2 Å². The predicted octanol–water partition coefficient (Wildman–Crippen LogP) is 7.73. The number of hydrogen-bond acceptors (Lipinski definition) is 3. The number of carbonyl (C=O) groups excluding carboxylic acids is 2. The van der Waals surface area contributed by atoms with E-state index in [1.807, 2.05) is 84.9 Å². The third-order valence-electron chi connectivity index (χ3n) is 5.68. The Morgan fingerprint density at radius 1 is 0.889 bits per heavy atom. The molecule has 0 radical (unpaired) electrons. The summed E-state index contributed by atoms with van der Waals surface area (Å²) in [5.41, 5.74) is 7.14. The maximum Gasteiger partial charge on any atom is 0.280 e. The molecular weight excluding hydrogens is 556 g/mol. The third-order valence-corrected chi connectivity index (χ3v) is 7.68. The summed E-state index contributed by atoms with van der Waals surface area (Å²) in [6.45, 7) is 0. The number of amides is 2. The molecule has 7 heteroatoms. The van der Waals surface area contributed by atoms with Crippen LogP contribution in [0.5, 0.6) is 0 Å². The van der Waals surface area contributed by atoms with Crippen LogP contribution in [0.2, 0.25) is 5.02 Å². The van der Waals surface area contributed by atoms with Gasteiger partial charge in [-0.2, -0.15) is 0 Å². The van der Waals surface area contributed by atoms with Crippen molar-refractivity contribution < 1.29 is 9.59 Å². The molecule has 1 N–H and O–H groups in total. The molecule has 4 aromatic rings. The second kappa shape index (κ2) is 10.7. The first-order chi connectivity index (χ1) is 17.5. The van der Waals surface area contributed by atoms with Crippen molar-refractivity contribution in [3.63, 3.8) is 0 Å². The monoisotopic (exact) mass is 574 g/mol. The summed E-state index contributed by atoms with van der Waals surface area (Å²) in [5.74, 6) is -0.620. The van der Waals surface area contributed by atoms with E-state index >= 15 is 0 Å². The summed E-state index contributed by atoms with van der Waals surface area (Å²) >= 11 is 10.9. The van der Waals surface area contributed by atoms with Crippen molar-refractivity contribution in [2.45, 2.75) is 5.37 Å². The van der Waals surface area contributed by atoms with Crippen LogP contribution >= 0.6 is 39.3 Å². The van der Waals surface area contributed by atoms with E-state index in [0.717, 1.165) is 26.7 Å². The molecule has 0 aromatic heterocycles. The van der Waals surface area contributed by atoms with Gasteiger partial charge >= 0.3 is 0 Å². The van der Waals surface area contributed by atoms with E-state index in [0.29, 0.717) is 15.5 Å². The number of rotatable bonds is 5. The van der Waals surface area contributed by atoms with Gasteiger partial charge in [-0.25, -0.2) is 5.01 Å². The fourth-order valence-electron chi connectivity index (χ4n) is 3.86. The first-order valence-corrected chi connectivity index (χ1v) is 13.2. The van der Waals surface area contributed by atoms with Crippen molar-refractivity contribution >= 4 is 57.2 Å². The number of halogens is 2. The molecule has 0 spiro atoms. The summed E-state index contributed by atoms with van der Waals surface area (Å²) in [5, 5.41) is 1.62. The summed E-state index contributed by atoms with van der Waals surface area (Å²) in [6, 6.07) is 32.3. The highest BCUT2D eigenvalue weighted by atomic mass is 79.9. The molecule has 2 amide bonds. The lowest BCUT2D eigenvalue weighted by molar-refractivity contribution is -0.128. The van der Waals surface area contributed by atoms with Gasteiger partial charge in [0.2, 0.25) is 0 Å². The summed E-state index contributed by atoms with van der Waals surface area (Å²) in [6.07, 6.45) is 1.81. The van der Waals surface area contributed by atoms with Gasteiger partial charge in [0.15, 0.2) is 0 Å². The van der Waals surface area contributed by atoms with Gasteiger partial charge in [-0.1, -0.05) is 106 Å². The number of benzene rings is 4. The molecule has 4 nitrogen and oxygen atoms in total. The zero-order valence-corrected chi connectivity index (χ0v) is 22.1. The SMILES string of the molecule is O=C(NN1C(=O)/C(=C\c2ccc(Cl)cc2)SC1c1cccc(Br)c1)c1ccc(-c2ccccc2)cc1. The fourth-order valence-corrected chi connectivity index (χ4v) is 5.58. The van der Waals surface area contributed by atoms with Crippen LogP contribution in [-0.4, -0.2) is 16.8 Å². The normalized spacial score (nSPS) is 16.4. The fraction of sp³-hybridized carbons (Fsp3) is 0.0345. The van der Waals surface area contributed by atoms with Crippen LogP contribution in [0.4, 0.5) is 0 Å². The molecule has 0 bridgehead atoms. The first kappa shape index (κ1) is 24.4. The Labute approximate surface area is 227 Å². The van der Waals surface area contributed by atoms with Crippen LogP contribution in [-0.2, 0) is 4.79 Å². The molecule has 36 heavy (non-hydrogen) atoms. The molecule has 1 aliphatic heterocycles. The van der Waals surface area contributed by atoms with E-state index in [2.05, 4.69) is 21.4 Å². The molecule has 5 rings (SSSR count). The average molecular weight is 576 g/mol. The van der Waals surface area contributed by atoms with Gasteiger partial charge in [0.05, 0.1) is 4.91 Å². The largest absolute Gasteiger partial charge is 0.280 e. The number of nitrogens with zero attached hydrogens (tertiary/aromatic N) is 1. The molecule has 1 unspecified atom stereocenters. The zero-order chi connectivity index (χ0) is 25.1. The second-order valence-electron chi connectivity index (χ2n) is 8.14. The maximum absolute atomic E-state index is 13.4. The minimum atomic E-state index is -0.416. The highest BCUT2D eigenvalue weighted by molar-refractivity contribution is 9.10. The number of hydrogen-bond donors (Lipinski definition) is 1. The summed E-state index contributed by atoms with van der Waals surface area (Å²) in [4.78, 5) is 27.1. The van der Waals surface area contributed by atoms with Crippen LogP contribution in [0.15, 0.2) is 113 Å². The van der Waals surface area contributed by atoms with E-state index in [4.69, 9.17) is 11.6 Å². The van der Waals surface area contributed by atoms with Crippen molar-refractivity contribution in [2.24, 2.45) is 0 Å². The predicted molar refractivity (Wildman–Crippen MR) is 150 cm³/mol. The standard InChI is InChI=1S/C29H20BrClN2O2S/c30-24-8-4-7-23(18-24)29-33(28(35)26(36-29)17-19-9-15-25(31)16-10-19)32-27(34)22-13-11-21(12-14-22)20-5-2-1-3-6-20/h1-18,29H,(H,32,34)/b26-17+. The molecule has 178 valence electrons. The highest BCUT2D eigenvalue weighted by Gasteiger charge is 2.38. The Balaban J connectivity index is 1.42. The van der Waals surface area contributed by atoms with E-state index in [1.165, 1.54) is 16.8 Å². The zero-order valence-electron chi connectivity index (χ0n) is 18.9. The molecule has 1 aliphatic rings. The van der Waals surface area contributed by atoms with Crippen molar-refractivity contribution in [3.05, 3.63) is 134 Å². The Hall–Kier alpha value is -3.32.